The lowest BCUT2D eigenvalue weighted by atomic mass is 10.1. The first kappa shape index (κ1) is 18.2. The number of hydrogen-bond donors (Lipinski definition) is 1. The molecule has 1 aromatic carbocycles. The summed E-state index contributed by atoms with van der Waals surface area (Å²) >= 11 is 0. The molecular weight excluding hydrogens is 284 g/mol. The van der Waals surface area contributed by atoms with Crippen molar-refractivity contribution >= 4 is 5.97 Å². The fraction of sp³-hybridized carbons (Fsp3) is 0.471. The molecule has 0 aliphatic rings. The van der Waals surface area contributed by atoms with E-state index in [1.165, 1.54) is 0 Å². The standard InChI is InChI=1S/C17H24O5/c1-3-10-22-16(12-17(18)19)5-4-11-21-13-14-6-8-15(20-2)9-7-14/h3,6-9,16H,1,4-5,10-13H2,2H3,(H,18,19)/t16-/m0/s1. The Morgan fingerprint density at radius 3 is 2.68 bits per heavy atom. The third kappa shape index (κ3) is 7.81. The van der Waals surface area contributed by atoms with E-state index in [1.807, 2.05) is 24.3 Å². The number of ether oxygens (including phenoxy) is 3. The highest BCUT2D eigenvalue weighted by atomic mass is 16.5. The van der Waals surface area contributed by atoms with E-state index in [1.54, 1.807) is 13.2 Å². The number of methoxy groups -OCH3 is 1. The van der Waals surface area contributed by atoms with Gasteiger partial charge in [0.1, 0.15) is 5.75 Å². The summed E-state index contributed by atoms with van der Waals surface area (Å²) in [5.74, 6) is -0.0344. The van der Waals surface area contributed by atoms with Gasteiger partial charge in [-0.1, -0.05) is 18.2 Å². The molecule has 1 rings (SSSR count). The molecule has 0 saturated heterocycles. The van der Waals surface area contributed by atoms with Crippen molar-refractivity contribution in [1.29, 1.82) is 0 Å². The summed E-state index contributed by atoms with van der Waals surface area (Å²) in [6, 6.07) is 7.70. The molecule has 0 aromatic heterocycles. The van der Waals surface area contributed by atoms with E-state index in [0.29, 0.717) is 26.2 Å². The van der Waals surface area contributed by atoms with Crippen molar-refractivity contribution < 1.29 is 24.1 Å². The highest BCUT2D eigenvalue weighted by Gasteiger charge is 2.12. The van der Waals surface area contributed by atoms with E-state index in [0.717, 1.165) is 17.7 Å². The number of aliphatic carboxylic acids is 1. The normalized spacial score (nSPS) is 11.9. The topological polar surface area (TPSA) is 65.0 Å². The molecule has 0 heterocycles. The highest BCUT2D eigenvalue weighted by Crippen LogP contribution is 2.12. The minimum atomic E-state index is -0.854. The molecule has 122 valence electrons. The molecule has 0 fully saturated rings. The average Bonchev–Trinajstić information content (AvgIpc) is 2.52. The van der Waals surface area contributed by atoms with Crippen LogP contribution in [-0.4, -0.2) is 37.5 Å². The van der Waals surface area contributed by atoms with E-state index in [-0.39, 0.29) is 12.5 Å². The molecule has 1 N–H and O–H groups in total. The first-order valence-corrected chi connectivity index (χ1v) is 7.30. The maximum atomic E-state index is 10.8. The van der Waals surface area contributed by atoms with Crippen molar-refractivity contribution in [2.45, 2.75) is 32.0 Å². The van der Waals surface area contributed by atoms with Crippen LogP contribution in [0.5, 0.6) is 5.75 Å². The zero-order valence-electron chi connectivity index (χ0n) is 13.0. The maximum Gasteiger partial charge on any atom is 0.305 e. The lowest BCUT2D eigenvalue weighted by molar-refractivity contribution is -0.140. The third-order valence-corrected chi connectivity index (χ3v) is 3.09. The number of carbonyl (C=O) groups is 1. The highest BCUT2D eigenvalue weighted by molar-refractivity contribution is 5.67. The average molecular weight is 308 g/mol. The van der Waals surface area contributed by atoms with Crippen LogP contribution in [0.25, 0.3) is 0 Å². The summed E-state index contributed by atoms with van der Waals surface area (Å²) in [6.45, 7) is 5.03. The number of carboxylic acids is 1. The number of benzene rings is 1. The van der Waals surface area contributed by atoms with Crippen LogP contribution in [0.3, 0.4) is 0 Å². The summed E-state index contributed by atoms with van der Waals surface area (Å²) < 4.78 is 16.1. The Hall–Kier alpha value is -1.85. The van der Waals surface area contributed by atoms with Crippen LogP contribution >= 0.6 is 0 Å². The van der Waals surface area contributed by atoms with Gasteiger partial charge in [-0.3, -0.25) is 4.79 Å². The van der Waals surface area contributed by atoms with E-state index >= 15 is 0 Å². The van der Waals surface area contributed by atoms with Crippen LogP contribution in [0.2, 0.25) is 0 Å². The van der Waals surface area contributed by atoms with Crippen LogP contribution in [-0.2, 0) is 20.9 Å². The lowest BCUT2D eigenvalue weighted by Gasteiger charge is -2.15. The molecule has 1 aromatic rings. The lowest BCUT2D eigenvalue weighted by Crippen LogP contribution is -2.18. The summed E-state index contributed by atoms with van der Waals surface area (Å²) in [5, 5.41) is 8.83. The fourth-order valence-corrected chi connectivity index (χ4v) is 1.97. The summed E-state index contributed by atoms with van der Waals surface area (Å²) in [4.78, 5) is 10.8. The quantitative estimate of drug-likeness (QED) is 0.475. The van der Waals surface area contributed by atoms with Gasteiger partial charge in [-0.25, -0.2) is 0 Å². The molecular formula is C17H24O5. The van der Waals surface area contributed by atoms with Gasteiger partial charge in [0, 0.05) is 6.61 Å². The Morgan fingerprint density at radius 2 is 2.09 bits per heavy atom. The van der Waals surface area contributed by atoms with Gasteiger partial charge in [0.25, 0.3) is 0 Å². The molecule has 0 amide bonds. The summed E-state index contributed by atoms with van der Waals surface area (Å²) in [7, 11) is 1.63. The van der Waals surface area contributed by atoms with Crippen LogP contribution in [0.1, 0.15) is 24.8 Å². The molecule has 0 aliphatic heterocycles. The van der Waals surface area contributed by atoms with Gasteiger partial charge in [0.2, 0.25) is 0 Å². The Morgan fingerprint density at radius 1 is 1.36 bits per heavy atom. The second-order valence-corrected chi connectivity index (χ2v) is 4.88. The van der Waals surface area contributed by atoms with Gasteiger partial charge in [-0.15, -0.1) is 6.58 Å². The third-order valence-electron chi connectivity index (χ3n) is 3.09. The molecule has 5 nitrogen and oxygen atoms in total. The van der Waals surface area contributed by atoms with E-state index in [2.05, 4.69) is 6.58 Å². The molecule has 0 unspecified atom stereocenters. The monoisotopic (exact) mass is 308 g/mol. The summed E-state index contributed by atoms with van der Waals surface area (Å²) in [5.41, 5.74) is 1.07. The van der Waals surface area contributed by atoms with Crippen molar-refractivity contribution in [2.24, 2.45) is 0 Å². The van der Waals surface area contributed by atoms with Gasteiger partial charge >= 0.3 is 5.97 Å². The number of rotatable bonds is 12. The fourth-order valence-electron chi connectivity index (χ4n) is 1.97. The van der Waals surface area contributed by atoms with Crippen molar-refractivity contribution in [1.82, 2.24) is 0 Å². The second-order valence-electron chi connectivity index (χ2n) is 4.88. The molecule has 0 bridgehead atoms. The Labute approximate surface area is 131 Å². The zero-order chi connectivity index (χ0) is 16.2. The minimum absolute atomic E-state index is 0.00627. The zero-order valence-corrected chi connectivity index (χ0v) is 13.0. The Balaban J connectivity index is 2.21. The van der Waals surface area contributed by atoms with Crippen molar-refractivity contribution in [3.8, 4) is 5.75 Å². The van der Waals surface area contributed by atoms with Crippen molar-refractivity contribution in [3.05, 3.63) is 42.5 Å². The molecule has 5 heteroatoms. The molecule has 0 radical (unpaired) electrons. The van der Waals surface area contributed by atoms with Crippen LogP contribution in [0.15, 0.2) is 36.9 Å². The van der Waals surface area contributed by atoms with Gasteiger partial charge in [-0.2, -0.15) is 0 Å². The van der Waals surface area contributed by atoms with Crippen LogP contribution < -0.4 is 4.74 Å². The SMILES string of the molecule is C=CCO[C@@H](CCCOCc1ccc(OC)cc1)CC(=O)O. The number of carboxylic acid groups (broad SMARTS) is 1. The first-order valence-electron chi connectivity index (χ1n) is 7.30. The minimum Gasteiger partial charge on any atom is -0.497 e. The molecule has 0 aliphatic carbocycles. The van der Waals surface area contributed by atoms with Gasteiger partial charge in [-0.05, 0) is 30.5 Å². The van der Waals surface area contributed by atoms with Crippen molar-refractivity contribution in [3.63, 3.8) is 0 Å². The second kappa shape index (κ2) is 10.8. The largest absolute Gasteiger partial charge is 0.497 e. The molecule has 0 spiro atoms. The van der Waals surface area contributed by atoms with E-state index in [4.69, 9.17) is 19.3 Å². The Kier molecular flexibility index (Phi) is 8.95. The number of hydrogen-bond acceptors (Lipinski definition) is 4. The predicted molar refractivity (Wildman–Crippen MR) is 84.1 cm³/mol. The molecule has 22 heavy (non-hydrogen) atoms. The molecule has 0 saturated carbocycles. The predicted octanol–water partition coefficient (Wildman–Crippen LogP) is 3.04. The Bertz CT molecular complexity index is 441. The maximum absolute atomic E-state index is 10.8. The molecule has 1 atom stereocenters. The summed E-state index contributed by atoms with van der Waals surface area (Å²) in [6.07, 6.45) is 2.75. The van der Waals surface area contributed by atoms with E-state index in [9.17, 15) is 4.79 Å². The van der Waals surface area contributed by atoms with Gasteiger partial charge < -0.3 is 19.3 Å². The van der Waals surface area contributed by atoms with Gasteiger partial charge in [0.05, 0.1) is 32.8 Å². The van der Waals surface area contributed by atoms with Gasteiger partial charge in [0.15, 0.2) is 0 Å². The van der Waals surface area contributed by atoms with Crippen LogP contribution in [0.4, 0.5) is 0 Å². The van der Waals surface area contributed by atoms with Crippen LogP contribution in [0, 0.1) is 0 Å². The smallest absolute Gasteiger partial charge is 0.305 e. The van der Waals surface area contributed by atoms with Crippen molar-refractivity contribution in [2.75, 3.05) is 20.3 Å². The van der Waals surface area contributed by atoms with E-state index < -0.39 is 5.97 Å². The first-order chi connectivity index (χ1) is 10.7.